The summed E-state index contributed by atoms with van der Waals surface area (Å²) in [7, 11) is 0. The lowest BCUT2D eigenvalue weighted by Crippen LogP contribution is -2.09. The fraction of sp³-hybridized carbons (Fsp3) is 0.625. The molecule has 62 valence electrons. The molecule has 1 atom stereocenters. The van der Waals surface area contributed by atoms with E-state index in [1.165, 1.54) is 0 Å². The zero-order valence-corrected chi connectivity index (χ0v) is 7.82. The Bertz CT molecular complexity index is 220. The van der Waals surface area contributed by atoms with Crippen molar-refractivity contribution in [1.29, 1.82) is 0 Å². The smallest absolute Gasteiger partial charge is 0.0898 e. The van der Waals surface area contributed by atoms with Crippen LogP contribution in [0.2, 0.25) is 0 Å². The fourth-order valence-electron chi connectivity index (χ4n) is 1.01. The summed E-state index contributed by atoms with van der Waals surface area (Å²) < 4.78 is 0. The number of nitrogens with zero attached hydrogens (tertiary/aromatic N) is 1. The van der Waals surface area contributed by atoms with E-state index in [0.717, 1.165) is 23.5 Å². The Morgan fingerprint density at radius 3 is 2.91 bits per heavy atom. The average molecular weight is 170 g/mol. The maximum Gasteiger partial charge on any atom is 0.0898 e. The van der Waals surface area contributed by atoms with Gasteiger partial charge >= 0.3 is 0 Å². The number of aromatic nitrogens is 1. The van der Waals surface area contributed by atoms with E-state index in [9.17, 15) is 0 Å². The van der Waals surface area contributed by atoms with E-state index < -0.39 is 0 Å². The third-order valence-corrected chi connectivity index (χ3v) is 2.41. The van der Waals surface area contributed by atoms with Crippen molar-refractivity contribution in [3.63, 3.8) is 0 Å². The van der Waals surface area contributed by atoms with Gasteiger partial charge in [-0.1, -0.05) is 13.3 Å². The van der Waals surface area contributed by atoms with Crippen LogP contribution in [0.25, 0.3) is 0 Å². The number of hydrogen-bond acceptors (Lipinski definition) is 3. The molecule has 2 N–H and O–H groups in total. The van der Waals surface area contributed by atoms with Gasteiger partial charge in [-0.25, -0.2) is 4.98 Å². The van der Waals surface area contributed by atoms with Crippen LogP contribution in [0.3, 0.4) is 0 Å². The number of nitrogens with two attached hydrogens (primary N) is 1. The average Bonchev–Trinajstić information content (AvgIpc) is 2.36. The summed E-state index contributed by atoms with van der Waals surface area (Å²) in [6.07, 6.45) is 2.15. The van der Waals surface area contributed by atoms with Crippen LogP contribution >= 0.6 is 11.3 Å². The molecule has 0 saturated heterocycles. The van der Waals surface area contributed by atoms with Gasteiger partial charge in [-0.3, -0.25) is 0 Å². The van der Waals surface area contributed by atoms with Gasteiger partial charge in [-0.05, 0) is 13.3 Å². The van der Waals surface area contributed by atoms with Gasteiger partial charge in [0.1, 0.15) is 0 Å². The number of hydrogen-bond donors (Lipinski definition) is 1. The second-order valence-corrected chi connectivity index (χ2v) is 3.75. The number of thiazole rings is 1. The van der Waals surface area contributed by atoms with Gasteiger partial charge in [0.15, 0.2) is 0 Å². The van der Waals surface area contributed by atoms with Crippen molar-refractivity contribution in [3.8, 4) is 0 Å². The third-order valence-electron chi connectivity index (χ3n) is 1.62. The molecular weight excluding hydrogens is 156 g/mol. The van der Waals surface area contributed by atoms with Crippen LogP contribution in [0, 0.1) is 6.92 Å². The minimum Gasteiger partial charge on any atom is -0.323 e. The van der Waals surface area contributed by atoms with Gasteiger partial charge in [0.05, 0.1) is 10.7 Å². The van der Waals surface area contributed by atoms with Crippen LogP contribution in [-0.4, -0.2) is 4.98 Å². The molecule has 0 bridgehead atoms. The molecular formula is C8H14N2S. The minimum atomic E-state index is 0.143. The van der Waals surface area contributed by atoms with Crippen molar-refractivity contribution >= 4 is 11.3 Å². The van der Waals surface area contributed by atoms with Gasteiger partial charge in [-0.2, -0.15) is 0 Å². The standard InChI is InChI=1S/C8H14N2S/c1-3-4-7(9)8-5-11-6(2)10-8/h5,7H,3-4,9H2,1-2H3. The van der Waals surface area contributed by atoms with E-state index >= 15 is 0 Å². The predicted molar refractivity (Wildman–Crippen MR) is 48.7 cm³/mol. The molecule has 0 radical (unpaired) electrons. The Morgan fingerprint density at radius 2 is 2.45 bits per heavy atom. The lowest BCUT2D eigenvalue weighted by molar-refractivity contribution is 0.624. The van der Waals surface area contributed by atoms with Gasteiger partial charge in [0.25, 0.3) is 0 Å². The van der Waals surface area contributed by atoms with Crippen molar-refractivity contribution in [3.05, 3.63) is 16.1 Å². The molecule has 0 spiro atoms. The van der Waals surface area contributed by atoms with Crippen LogP contribution in [0.1, 0.15) is 36.5 Å². The first kappa shape index (κ1) is 8.68. The lowest BCUT2D eigenvalue weighted by atomic mass is 10.1. The zero-order valence-electron chi connectivity index (χ0n) is 7.00. The largest absolute Gasteiger partial charge is 0.323 e. The SMILES string of the molecule is CCCC(N)c1csc(C)n1. The molecule has 0 aliphatic rings. The molecule has 2 nitrogen and oxygen atoms in total. The van der Waals surface area contributed by atoms with Crippen molar-refractivity contribution in [1.82, 2.24) is 4.98 Å². The van der Waals surface area contributed by atoms with Crippen LogP contribution in [0.4, 0.5) is 0 Å². The summed E-state index contributed by atoms with van der Waals surface area (Å²) >= 11 is 1.67. The van der Waals surface area contributed by atoms with Crippen molar-refractivity contribution < 1.29 is 0 Å². The van der Waals surface area contributed by atoms with Crippen molar-refractivity contribution in [2.24, 2.45) is 5.73 Å². The van der Waals surface area contributed by atoms with E-state index in [2.05, 4.69) is 17.3 Å². The van der Waals surface area contributed by atoms with E-state index in [1.807, 2.05) is 6.92 Å². The quantitative estimate of drug-likeness (QED) is 0.755. The first-order chi connectivity index (χ1) is 5.24. The van der Waals surface area contributed by atoms with Crippen LogP contribution in [0.5, 0.6) is 0 Å². The molecule has 3 heteroatoms. The molecule has 1 rings (SSSR count). The molecule has 1 aromatic rings. The highest BCUT2D eigenvalue weighted by Gasteiger charge is 2.06. The van der Waals surface area contributed by atoms with Gasteiger partial charge in [-0.15, -0.1) is 11.3 Å². The minimum absolute atomic E-state index is 0.143. The van der Waals surface area contributed by atoms with E-state index in [4.69, 9.17) is 5.73 Å². The summed E-state index contributed by atoms with van der Waals surface area (Å²) in [5.74, 6) is 0. The summed E-state index contributed by atoms with van der Waals surface area (Å²) in [5.41, 5.74) is 6.91. The zero-order chi connectivity index (χ0) is 8.27. The van der Waals surface area contributed by atoms with E-state index in [0.29, 0.717) is 0 Å². The monoisotopic (exact) mass is 170 g/mol. The first-order valence-electron chi connectivity index (χ1n) is 3.91. The highest BCUT2D eigenvalue weighted by Crippen LogP contribution is 2.17. The number of rotatable bonds is 3. The third kappa shape index (κ3) is 2.27. The topological polar surface area (TPSA) is 38.9 Å². The Labute approximate surface area is 71.5 Å². The highest BCUT2D eigenvalue weighted by molar-refractivity contribution is 7.09. The summed E-state index contributed by atoms with van der Waals surface area (Å²) in [5, 5.41) is 3.15. The van der Waals surface area contributed by atoms with E-state index in [-0.39, 0.29) is 6.04 Å². The summed E-state index contributed by atoms with van der Waals surface area (Å²) in [6, 6.07) is 0.143. The van der Waals surface area contributed by atoms with Gasteiger partial charge in [0.2, 0.25) is 0 Å². The Morgan fingerprint density at radius 1 is 1.73 bits per heavy atom. The van der Waals surface area contributed by atoms with Gasteiger partial charge in [0, 0.05) is 11.4 Å². The van der Waals surface area contributed by atoms with Crippen LogP contribution in [0.15, 0.2) is 5.38 Å². The van der Waals surface area contributed by atoms with Gasteiger partial charge < -0.3 is 5.73 Å². The predicted octanol–water partition coefficient (Wildman–Crippen LogP) is 2.25. The van der Waals surface area contributed by atoms with Crippen LogP contribution in [-0.2, 0) is 0 Å². The second kappa shape index (κ2) is 3.83. The fourth-order valence-corrected chi connectivity index (χ4v) is 1.69. The molecule has 0 amide bonds. The molecule has 0 aliphatic carbocycles. The molecule has 0 fully saturated rings. The van der Waals surface area contributed by atoms with Crippen LogP contribution < -0.4 is 5.73 Å². The molecule has 0 aromatic carbocycles. The van der Waals surface area contributed by atoms with E-state index in [1.54, 1.807) is 11.3 Å². The Balaban J connectivity index is 2.60. The first-order valence-corrected chi connectivity index (χ1v) is 4.79. The molecule has 0 saturated carbocycles. The normalized spacial score (nSPS) is 13.4. The lowest BCUT2D eigenvalue weighted by Gasteiger charge is -2.04. The van der Waals surface area contributed by atoms with Crippen molar-refractivity contribution in [2.45, 2.75) is 32.7 Å². The molecule has 11 heavy (non-hydrogen) atoms. The highest BCUT2D eigenvalue weighted by atomic mass is 32.1. The second-order valence-electron chi connectivity index (χ2n) is 2.69. The van der Waals surface area contributed by atoms with Crippen molar-refractivity contribution in [2.75, 3.05) is 0 Å². The Hall–Kier alpha value is -0.410. The maximum atomic E-state index is 5.86. The Kier molecular flexibility index (Phi) is 3.02. The molecule has 1 aromatic heterocycles. The number of aryl methyl sites for hydroxylation is 1. The summed E-state index contributed by atoms with van der Waals surface area (Å²) in [4.78, 5) is 4.32. The molecule has 1 heterocycles. The molecule has 1 unspecified atom stereocenters. The summed E-state index contributed by atoms with van der Waals surface area (Å²) in [6.45, 7) is 4.14. The molecule has 0 aliphatic heterocycles. The maximum absolute atomic E-state index is 5.86.